The van der Waals surface area contributed by atoms with Crippen LogP contribution in [0.1, 0.15) is 27.2 Å². The van der Waals surface area contributed by atoms with Gasteiger partial charge in [0.15, 0.2) is 0 Å². The zero-order chi connectivity index (χ0) is 10.6. The van der Waals surface area contributed by atoms with Crippen molar-refractivity contribution in [2.24, 2.45) is 5.92 Å². The molecule has 78 valence electrons. The molecular weight excluding hydrogens is 174 g/mol. The van der Waals surface area contributed by atoms with Gasteiger partial charge in [0, 0.05) is 24.0 Å². The van der Waals surface area contributed by atoms with E-state index < -0.39 is 0 Å². The molecule has 3 heteroatoms. The SMILES string of the molecule is CC(C)CC(C)Nc1cc(N)ccn1. The van der Waals surface area contributed by atoms with Gasteiger partial charge in [-0.1, -0.05) is 13.8 Å². The molecule has 0 fully saturated rings. The summed E-state index contributed by atoms with van der Waals surface area (Å²) in [6, 6.07) is 4.08. The summed E-state index contributed by atoms with van der Waals surface area (Å²) in [5, 5.41) is 3.32. The molecule has 0 spiro atoms. The van der Waals surface area contributed by atoms with Gasteiger partial charge < -0.3 is 11.1 Å². The Morgan fingerprint density at radius 3 is 2.71 bits per heavy atom. The number of nitrogens with one attached hydrogen (secondary N) is 1. The summed E-state index contributed by atoms with van der Waals surface area (Å²) in [7, 11) is 0. The Hall–Kier alpha value is -1.25. The van der Waals surface area contributed by atoms with Crippen LogP contribution in [0.25, 0.3) is 0 Å². The molecule has 1 unspecified atom stereocenters. The number of nitrogens with zero attached hydrogens (tertiary/aromatic N) is 1. The predicted octanol–water partition coefficient (Wildman–Crippen LogP) is 2.51. The van der Waals surface area contributed by atoms with E-state index in [0.717, 1.165) is 17.9 Å². The fraction of sp³-hybridized carbons (Fsp3) is 0.545. The van der Waals surface area contributed by atoms with E-state index in [0.29, 0.717) is 12.0 Å². The van der Waals surface area contributed by atoms with Crippen LogP contribution in [0.3, 0.4) is 0 Å². The third-order valence-electron chi connectivity index (χ3n) is 2.00. The van der Waals surface area contributed by atoms with Gasteiger partial charge >= 0.3 is 0 Å². The summed E-state index contributed by atoms with van der Waals surface area (Å²) in [6.07, 6.45) is 2.86. The molecule has 3 nitrogen and oxygen atoms in total. The van der Waals surface area contributed by atoms with E-state index in [1.807, 2.05) is 6.07 Å². The number of rotatable bonds is 4. The third-order valence-corrected chi connectivity index (χ3v) is 2.00. The molecule has 0 saturated heterocycles. The topological polar surface area (TPSA) is 50.9 Å². The fourth-order valence-electron chi connectivity index (χ4n) is 1.54. The van der Waals surface area contributed by atoms with E-state index in [1.54, 1.807) is 12.3 Å². The Labute approximate surface area is 85.7 Å². The number of nitrogen functional groups attached to an aromatic ring is 1. The molecule has 1 heterocycles. The maximum Gasteiger partial charge on any atom is 0.128 e. The van der Waals surface area contributed by atoms with Crippen LogP contribution in [0.5, 0.6) is 0 Å². The molecule has 0 bridgehead atoms. The first-order valence-electron chi connectivity index (χ1n) is 5.06. The highest BCUT2D eigenvalue weighted by atomic mass is 15.0. The van der Waals surface area contributed by atoms with Crippen molar-refractivity contribution in [1.82, 2.24) is 4.98 Å². The summed E-state index contributed by atoms with van der Waals surface area (Å²) in [5.74, 6) is 1.55. The molecule has 0 amide bonds. The van der Waals surface area contributed by atoms with Crippen LogP contribution in [0.15, 0.2) is 18.3 Å². The van der Waals surface area contributed by atoms with E-state index in [1.165, 1.54) is 0 Å². The number of hydrogen-bond acceptors (Lipinski definition) is 3. The normalized spacial score (nSPS) is 12.9. The Morgan fingerprint density at radius 1 is 1.43 bits per heavy atom. The minimum atomic E-state index is 0.435. The van der Waals surface area contributed by atoms with Crippen LogP contribution in [-0.2, 0) is 0 Å². The van der Waals surface area contributed by atoms with Gasteiger partial charge in [-0.3, -0.25) is 0 Å². The highest BCUT2D eigenvalue weighted by molar-refractivity contribution is 5.48. The summed E-state index contributed by atoms with van der Waals surface area (Å²) in [5.41, 5.74) is 6.40. The predicted molar refractivity (Wildman–Crippen MR) is 61.2 cm³/mol. The Kier molecular flexibility index (Phi) is 3.74. The van der Waals surface area contributed by atoms with Crippen molar-refractivity contribution in [3.8, 4) is 0 Å². The Bertz CT molecular complexity index is 284. The lowest BCUT2D eigenvalue weighted by Gasteiger charge is -2.16. The maximum absolute atomic E-state index is 5.66. The average molecular weight is 193 g/mol. The first kappa shape index (κ1) is 10.8. The molecule has 3 N–H and O–H groups in total. The van der Waals surface area contributed by atoms with Gasteiger partial charge in [-0.25, -0.2) is 4.98 Å². The largest absolute Gasteiger partial charge is 0.399 e. The lowest BCUT2D eigenvalue weighted by molar-refractivity contribution is 0.539. The minimum Gasteiger partial charge on any atom is -0.399 e. The van der Waals surface area contributed by atoms with Gasteiger partial charge in [-0.15, -0.1) is 0 Å². The average Bonchev–Trinajstić information content (AvgIpc) is 2.01. The molecule has 0 radical (unpaired) electrons. The van der Waals surface area contributed by atoms with Crippen molar-refractivity contribution in [3.05, 3.63) is 18.3 Å². The lowest BCUT2D eigenvalue weighted by Crippen LogP contribution is -2.18. The minimum absolute atomic E-state index is 0.435. The first-order valence-corrected chi connectivity index (χ1v) is 5.06. The number of nitrogens with two attached hydrogens (primary N) is 1. The molecule has 14 heavy (non-hydrogen) atoms. The van der Waals surface area contributed by atoms with Crippen LogP contribution >= 0.6 is 0 Å². The van der Waals surface area contributed by atoms with Gasteiger partial charge in [0.05, 0.1) is 0 Å². The summed E-state index contributed by atoms with van der Waals surface area (Å²) in [4.78, 5) is 4.20. The van der Waals surface area contributed by atoms with E-state index >= 15 is 0 Å². The fourth-order valence-corrected chi connectivity index (χ4v) is 1.54. The van der Waals surface area contributed by atoms with Crippen LogP contribution in [-0.4, -0.2) is 11.0 Å². The highest BCUT2D eigenvalue weighted by Gasteiger charge is 2.05. The lowest BCUT2D eigenvalue weighted by atomic mass is 10.1. The van der Waals surface area contributed by atoms with Gasteiger partial charge in [-0.05, 0) is 25.3 Å². The second-order valence-electron chi connectivity index (χ2n) is 4.15. The number of hydrogen-bond donors (Lipinski definition) is 2. The first-order chi connectivity index (χ1) is 6.58. The van der Waals surface area contributed by atoms with Crippen molar-refractivity contribution < 1.29 is 0 Å². The standard InChI is InChI=1S/C11H19N3/c1-8(2)6-9(3)14-11-7-10(12)4-5-13-11/h4-5,7-9H,6H2,1-3H3,(H3,12,13,14). The summed E-state index contributed by atoms with van der Waals surface area (Å²) < 4.78 is 0. The molecule has 1 rings (SSSR count). The summed E-state index contributed by atoms with van der Waals surface area (Å²) in [6.45, 7) is 6.58. The number of pyridine rings is 1. The number of anilines is 2. The van der Waals surface area contributed by atoms with E-state index in [-0.39, 0.29) is 0 Å². The van der Waals surface area contributed by atoms with Gasteiger partial charge in [0.2, 0.25) is 0 Å². The van der Waals surface area contributed by atoms with E-state index in [4.69, 9.17) is 5.73 Å². The molecular formula is C11H19N3. The molecule has 0 saturated carbocycles. The molecule has 1 aromatic rings. The van der Waals surface area contributed by atoms with Crippen LogP contribution < -0.4 is 11.1 Å². The van der Waals surface area contributed by atoms with Crippen molar-refractivity contribution in [3.63, 3.8) is 0 Å². The third kappa shape index (κ3) is 3.64. The highest BCUT2D eigenvalue weighted by Crippen LogP contribution is 2.12. The van der Waals surface area contributed by atoms with Crippen molar-refractivity contribution in [1.29, 1.82) is 0 Å². The van der Waals surface area contributed by atoms with E-state index in [2.05, 4.69) is 31.1 Å². The van der Waals surface area contributed by atoms with Crippen LogP contribution in [0, 0.1) is 5.92 Å². The zero-order valence-electron chi connectivity index (χ0n) is 9.12. The van der Waals surface area contributed by atoms with E-state index in [9.17, 15) is 0 Å². The smallest absolute Gasteiger partial charge is 0.128 e. The van der Waals surface area contributed by atoms with Crippen molar-refractivity contribution in [2.45, 2.75) is 33.2 Å². The van der Waals surface area contributed by atoms with Crippen molar-refractivity contribution >= 4 is 11.5 Å². The van der Waals surface area contributed by atoms with Crippen molar-refractivity contribution in [2.75, 3.05) is 11.1 Å². The Balaban J connectivity index is 2.51. The Morgan fingerprint density at radius 2 is 2.14 bits per heavy atom. The molecule has 1 atom stereocenters. The van der Waals surface area contributed by atoms with Crippen LogP contribution in [0.4, 0.5) is 11.5 Å². The molecule has 0 aliphatic carbocycles. The van der Waals surface area contributed by atoms with Crippen LogP contribution in [0.2, 0.25) is 0 Å². The molecule has 1 aromatic heterocycles. The monoisotopic (exact) mass is 193 g/mol. The van der Waals surface area contributed by atoms with Gasteiger partial charge in [0.25, 0.3) is 0 Å². The zero-order valence-corrected chi connectivity index (χ0v) is 9.12. The second kappa shape index (κ2) is 4.84. The second-order valence-corrected chi connectivity index (χ2v) is 4.15. The molecule has 0 aliphatic rings. The molecule has 0 aromatic carbocycles. The molecule has 0 aliphatic heterocycles. The van der Waals surface area contributed by atoms with Gasteiger partial charge in [-0.2, -0.15) is 0 Å². The van der Waals surface area contributed by atoms with Gasteiger partial charge in [0.1, 0.15) is 5.82 Å². The quantitative estimate of drug-likeness (QED) is 0.772. The number of aromatic nitrogens is 1. The summed E-state index contributed by atoms with van der Waals surface area (Å²) >= 11 is 0. The maximum atomic E-state index is 5.66.